The molecule has 1 aliphatic heterocycles. The molecule has 11 heavy (non-hydrogen) atoms. The van der Waals surface area contributed by atoms with Crippen molar-refractivity contribution in [2.75, 3.05) is 19.8 Å². The Hall–Kier alpha value is -0.380. The van der Waals surface area contributed by atoms with Gasteiger partial charge < -0.3 is 14.9 Å². The minimum Gasteiger partial charge on any atom is -0.393 e. The van der Waals surface area contributed by atoms with Gasteiger partial charge in [-0.2, -0.15) is 0 Å². The van der Waals surface area contributed by atoms with Gasteiger partial charge in [-0.3, -0.25) is 0 Å². The van der Waals surface area contributed by atoms with Crippen LogP contribution in [0.1, 0.15) is 13.3 Å². The highest BCUT2D eigenvalue weighted by Crippen LogP contribution is 2.24. The van der Waals surface area contributed by atoms with Crippen LogP contribution in [0.2, 0.25) is 0 Å². The van der Waals surface area contributed by atoms with Gasteiger partial charge in [-0.25, -0.2) is 0 Å². The fourth-order valence-corrected chi connectivity index (χ4v) is 1.25. The first-order valence-electron chi connectivity index (χ1n) is 3.74. The van der Waals surface area contributed by atoms with E-state index in [0.717, 1.165) is 0 Å². The third-order valence-electron chi connectivity index (χ3n) is 2.00. The van der Waals surface area contributed by atoms with Crippen LogP contribution in [0.25, 0.3) is 0 Å². The van der Waals surface area contributed by atoms with Gasteiger partial charge in [0.25, 0.3) is 0 Å². The Morgan fingerprint density at radius 1 is 1.55 bits per heavy atom. The summed E-state index contributed by atoms with van der Waals surface area (Å²) >= 11 is 0. The molecule has 2 N–H and O–H groups in total. The normalized spacial score (nSPS) is 23.0. The second-order valence-corrected chi connectivity index (χ2v) is 3.04. The van der Waals surface area contributed by atoms with Crippen LogP contribution < -0.4 is 0 Å². The first-order valence-corrected chi connectivity index (χ1v) is 3.74. The molecule has 0 saturated carbocycles. The van der Waals surface area contributed by atoms with E-state index in [1.807, 2.05) is 13.0 Å². The maximum Gasteiger partial charge on any atom is 0.118 e. The summed E-state index contributed by atoms with van der Waals surface area (Å²) in [5.74, 6) is 0. The molecule has 0 atom stereocenters. The lowest BCUT2D eigenvalue weighted by Gasteiger charge is -2.33. The molecule has 0 aromatic carbocycles. The minimum atomic E-state index is -0.723. The van der Waals surface area contributed by atoms with Crippen molar-refractivity contribution in [3.63, 3.8) is 0 Å². The molecule has 0 saturated heterocycles. The van der Waals surface area contributed by atoms with Crippen LogP contribution in [0.15, 0.2) is 11.6 Å². The van der Waals surface area contributed by atoms with Crippen molar-refractivity contribution >= 4 is 0 Å². The smallest absolute Gasteiger partial charge is 0.118 e. The van der Waals surface area contributed by atoms with Crippen LogP contribution in [0.3, 0.4) is 0 Å². The van der Waals surface area contributed by atoms with E-state index < -0.39 is 5.60 Å². The zero-order valence-electron chi connectivity index (χ0n) is 6.71. The van der Waals surface area contributed by atoms with Gasteiger partial charge in [0.2, 0.25) is 0 Å². The zero-order valence-corrected chi connectivity index (χ0v) is 6.71. The maximum absolute atomic E-state index is 8.95. The Kier molecular flexibility index (Phi) is 2.65. The molecule has 64 valence electrons. The lowest BCUT2D eigenvalue weighted by molar-refractivity contribution is -0.104. The van der Waals surface area contributed by atoms with E-state index in [1.54, 1.807) is 0 Å². The third kappa shape index (κ3) is 1.80. The Balaban J connectivity index is 2.65. The first kappa shape index (κ1) is 8.71. The van der Waals surface area contributed by atoms with Gasteiger partial charge in [0.15, 0.2) is 0 Å². The Morgan fingerprint density at radius 2 is 2.18 bits per heavy atom. The Bertz CT molecular complexity index is 159. The van der Waals surface area contributed by atoms with Crippen LogP contribution in [-0.4, -0.2) is 35.6 Å². The second-order valence-electron chi connectivity index (χ2n) is 3.04. The summed E-state index contributed by atoms with van der Waals surface area (Å²) in [4.78, 5) is 0. The Morgan fingerprint density at radius 3 is 2.55 bits per heavy atom. The van der Waals surface area contributed by atoms with Gasteiger partial charge in [0, 0.05) is 6.42 Å². The third-order valence-corrected chi connectivity index (χ3v) is 2.00. The van der Waals surface area contributed by atoms with Crippen LogP contribution in [-0.2, 0) is 4.74 Å². The molecule has 3 heteroatoms. The van der Waals surface area contributed by atoms with Gasteiger partial charge in [-0.05, 0) is 6.92 Å². The van der Waals surface area contributed by atoms with Gasteiger partial charge in [-0.15, -0.1) is 0 Å². The zero-order chi connectivity index (χ0) is 8.32. The number of hydrogen-bond acceptors (Lipinski definition) is 3. The van der Waals surface area contributed by atoms with Gasteiger partial charge in [0.1, 0.15) is 5.60 Å². The van der Waals surface area contributed by atoms with Crippen LogP contribution in [0.5, 0.6) is 0 Å². The number of hydrogen-bond donors (Lipinski definition) is 2. The molecular weight excluding hydrogens is 144 g/mol. The number of ether oxygens (including phenoxy) is 1. The fourth-order valence-electron chi connectivity index (χ4n) is 1.25. The number of rotatable bonds is 2. The molecular formula is C8H14O3. The molecule has 1 aliphatic rings. The summed E-state index contributed by atoms with van der Waals surface area (Å²) in [5.41, 5.74) is 0.443. The molecule has 1 rings (SSSR count). The van der Waals surface area contributed by atoms with Crippen molar-refractivity contribution in [1.29, 1.82) is 0 Å². The van der Waals surface area contributed by atoms with Crippen molar-refractivity contribution in [3.05, 3.63) is 11.6 Å². The maximum atomic E-state index is 8.95. The van der Waals surface area contributed by atoms with Crippen LogP contribution in [0.4, 0.5) is 0 Å². The standard InChI is InChI=1S/C8H14O3/c1-7-2-3-11-8(4-7,5-9)6-10/h2,9-10H,3-6H2,1H3. The molecule has 0 bridgehead atoms. The van der Waals surface area contributed by atoms with E-state index in [0.29, 0.717) is 13.0 Å². The van der Waals surface area contributed by atoms with Gasteiger partial charge >= 0.3 is 0 Å². The largest absolute Gasteiger partial charge is 0.393 e. The van der Waals surface area contributed by atoms with Crippen molar-refractivity contribution in [1.82, 2.24) is 0 Å². The summed E-state index contributed by atoms with van der Waals surface area (Å²) in [6.07, 6.45) is 2.59. The van der Waals surface area contributed by atoms with Crippen LogP contribution >= 0.6 is 0 Å². The van der Waals surface area contributed by atoms with Crippen LogP contribution in [0, 0.1) is 0 Å². The molecule has 0 unspecified atom stereocenters. The molecule has 0 radical (unpaired) electrons. The molecule has 0 fully saturated rings. The molecule has 0 aromatic heterocycles. The highest BCUT2D eigenvalue weighted by Gasteiger charge is 2.31. The molecule has 3 nitrogen and oxygen atoms in total. The van der Waals surface area contributed by atoms with Crippen molar-refractivity contribution in [2.24, 2.45) is 0 Å². The second kappa shape index (κ2) is 3.34. The predicted molar refractivity (Wildman–Crippen MR) is 41.2 cm³/mol. The number of aliphatic hydroxyl groups excluding tert-OH is 2. The highest BCUT2D eigenvalue weighted by atomic mass is 16.5. The lowest BCUT2D eigenvalue weighted by atomic mass is 9.94. The predicted octanol–water partition coefficient (Wildman–Crippen LogP) is 0.0764. The van der Waals surface area contributed by atoms with E-state index in [4.69, 9.17) is 14.9 Å². The summed E-state index contributed by atoms with van der Waals surface area (Å²) < 4.78 is 5.26. The fraction of sp³-hybridized carbons (Fsp3) is 0.750. The van der Waals surface area contributed by atoms with Crippen molar-refractivity contribution in [3.8, 4) is 0 Å². The average Bonchev–Trinajstić information content (AvgIpc) is 2.04. The minimum absolute atomic E-state index is 0.116. The summed E-state index contributed by atoms with van der Waals surface area (Å²) in [5, 5.41) is 17.9. The van der Waals surface area contributed by atoms with Crippen molar-refractivity contribution in [2.45, 2.75) is 18.9 Å². The van der Waals surface area contributed by atoms with Gasteiger partial charge in [-0.1, -0.05) is 11.6 Å². The SMILES string of the molecule is CC1=CCOC(CO)(CO)C1. The molecule has 0 spiro atoms. The monoisotopic (exact) mass is 158 g/mol. The van der Waals surface area contributed by atoms with E-state index in [2.05, 4.69) is 0 Å². The van der Waals surface area contributed by atoms with Gasteiger partial charge in [0.05, 0.1) is 19.8 Å². The molecule has 0 aliphatic carbocycles. The molecule has 0 aromatic rings. The van der Waals surface area contributed by atoms with Crippen molar-refractivity contribution < 1.29 is 14.9 Å². The van der Waals surface area contributed by atoms with E-state index in [9.17, 15) is 0 Å². The van der Waals surface area contributed by atoms with E-state index in [1.165, 1.54) is 5.57 Å². The molecule has 0 amide bonds. The summed E-state index contributed by atoms with van der Waals surface area (Å²) in [7, 11) is 0. The summed E-state index contributed by atoms with van der Waals surface area (Å²) in [6, 6.07) is 0. The first-order chi connectivity index (χ1) is 5.22. The Labute approximate surface area is 66.3 Å². The summed E-state index contributed by atoms with van der Waals surface area (Å²) in [6.45, 7) is 2.24. The molecule has 1 heterocycles. The number of aliphatic hydroxyl groups is 2. The highest BCUT2D eigenvalue weighted by molar-refractivity contribution is 5.08. The topological polar surface area (TPSA) is 49.7 Å². The van der Waals surface area contributed by atoms with E-state index in [-0.39, 0.29) is 13.2 Å². The lowest BCUT2D eigenvalue weighted by Crippen LogP contribution is -2.43. The van der Waals surface area contributed by atoms with E-state index >= 15 is 0 Å². The average molecular weight is 158 g/mol. The quantitative estimate of drug-likeness (QED) is 0.559.